The second kappa shape index (κ2) is 11.7. The van der Waals surface area contributed by atoms with E-state index in [0.29, 0.717) is 0 Å². The van der Waals surface area contributed by atoms with Gasteiger partial charge in [-0.2, -0.15) is 26.3 Å². The molecule has 0 radical (unpaired) electrons. The summed E-state index contributed by atoms with van der Waals surface area (Å²) in [5, 5.41) is 1.49. The Labute approximate surface area is 190 Å². The predicted octanol–water partition coefficient (Wildman–Crippen LogP) is 3.13. The van der Waals surface area contributed by atoms with Crippen LogP contribution in [0.1, 0.15) is 41.5 Å². The third-order valence-corrected chi connectivity index (χ3v) is 7.37. The van der Waals surface area contributed by atoms with Gasteiger partial charge < -0.3 is 13.9 Å². The maximum absolute atomic E-state index is 11.4. The Morgan fingerprint density at radius 2 is 0.939 bits per heavy atom. The molecule has 0 aliphatic heterocycles. The van der Waals surface area contributed by atoms with E-state index in [2.05, 4.69) is 55.9 Å². The van der Waals surface area contributed by atoms with Gasteiger partial charge in [-0.3, -0.25) is 0 Å². The largest absolute Gasteiger partial charge is 0.480 e. The molecule has 0 saturated heterocycles. The van der Waals surface area contributed by atoms with E-state index in [1.807, 2.05) is 0 Å². The zero-order valence-corrected chi connectivity index (χ0v) is 20.9. The molecule has 1 rings (SSSR count). The Hall–Kier alpha value is -1.55. The molecule has 0 aliphatic rings. The van der Waals surface area contributed by atoms with Gasteiger partial charge in [-0.1, -0.05) is 0 Å². The van der Waals surface area contributed by atoms with Crippen LogP contribution < -0.4 is 19.7 Å². The highest BCUT2D eigenvalue weighted by molar-refractivity contribution is 8.13. The first-order valence-electron chi connectivity index (χ1n) is 10.1. The SMILES string of the molecule is CCN(CC)c1c(N(CC)CC)c1=[N+](CC)CC.O=S(=O)([N-]S(=O)(=O)C(F)(F)F)C(F)(F)F. The standard InChI is InChI=1S/C15H30N3.C2F6NO4S2/c1-7-16(8-2)13-14(17(9-3)10-4)15(13)18(11-5)12-6;3-1(4,5)14(10,11)9-15(12,13)2(6,7)8/h7-12H2,1-6H3;/q+1;-1. The molecule has 0 N–H and O–H groups in total. The molecule has 8 nitrogen and oxygen atoms in total. The highest BCUT2D eigenvalue weighted by Crippen LogP contribution is 2.36. The lowest BCUT2D eigenvalue weighted by Crippen LogP contribution is -2.30. The third-order valence-electron chi connectivity index (χ3n) is 4.63. The van der Waals surface area contributed by atoms with Crippen molar-refractivity contribution in [3.63, 3.8) is 0 Å². The Morgan fingerprint density at radius 1 is 0.667 bits per heavy atom. The van der Waals surface area contributed by atoms with Gasteiger partial charge in [0.05, 0.1) is 0 Å². The van der Waals surface area contributed by atoms with E-state index < -0.39 is 31.1 Å². The molecule has 33 heavy (non-hydrogen) atoms. The minimum absolute atomic E-state index is 0.778. The van der Waals surface area contributed by atoms with E-state index in [4.69, 9.17) is 0 Å². The van der Waals surface area contributed by atoms with Crippen LogP contribution in [0.2, 0.25) is 0 Å². The highest BCUT2D eigenvalue weighted by Gasteiger charge is 2.47. The van der Waals surface area contributed by atoms with Crippen LogP contribution in [0.25, 0.3) is 4.13 Å². The molecule has 0 atom stereocenters. The fraction of sp³-hybridized carbons (Fsp3) is 0.824. The lowest BCUT2D eigenvalue weighted by molar-refractivity contribution is -0.0444. The maximum Gasteiger partial charge on any atom is 0.480 e. The summed E-state index contributed by atoms with van der Waals surface area (Å²) < 4.78 is 112. The van der Waals surface area contributed by atoms with Gasteiger partial charge in [-0.25, -0.2) is 21.4 Å². The number of sulfonamides is 2. The molecule has 0 bridgehead atoms. The van der Waals surface area contributed by atoms with Gasteiger partial charge in [0.1, 0.15) is 24.5 Å². The number of alkyl halides is 6. The molecule has 0 amide bonds. The van der Waals surface area contributed by atoms with Crippen LogP contribution in [0.15, 0.2) is 0 Å². The fourth-order valence-corrected chi connectivity index (χ4v) is 4.60. The molecule has 0 heterocycles. The number of halogens is 6. The molecule has 0 saturated carbocycles. The van der Waals surface area contributed by atoms with Crippen molar-refractivity contribution in [1.82, 2.24) is 4.58 Å². The summed E-state index contributed by atoms with van der Waals surface area (Å²) in [5.41, 5.74) is -9.42. The average molecular weight is 533 g/mol. The molecule has 0 fully saturated rings. The Kier molecular flexibility index (Phi) is 11.2. The molecule has 196 valence electrons. The minimum atomic E-state index is -6.72. The van der Waals surface area contributed by atoms with Crippen molar-refractivity contribution in [3.8, 4) is 0 Å². The number of nitrogens with zero attached hydrogens (tertiary/aromatic N) is 4. The molecule has 0 unspecified atom stereocenters. The molecular weight excluding hydrogens is 502 g/mol. The first-order valence-corrected chi connectivity index (χ1v) is 13.0. The summed E-state index contributed by atoms with van der Waals surface area (Å²) in [6, 6.07) is 0. The van der Waals surface area contributed by atoms with Gasteiger partial charge >= 0.3 is 11.0 Å². The number of anilines is 2. The fourth-order valence-electron chi connectivity index (χ4n) is 2.89. The lowest BCUT2D eigenvalue weighted by Gasteiger charge is -2.22. The van der Waals surface area contributed by atoms with Crippen molar-refractivity contribution >= 4 is 31.4 Å². The van der Waals surface area contributed by atoms with E-state index in [-0.39, 0.29) is 0 Å². The van der Waals surface area contributed by atoms with Gasteiger partial charge in [0.15, 0.2) is 20.0 Å². The monoisotopic (exact) mass is 532 g/mol. The Morgan fingerprint density at radius 3 is 1.12 bits per heavy atom. The Balaban J connectivity index is 0.000000633. The molecule has 0 aromatic heterocycles. The van der Waals surface area contributed by atoms with Crippen LogP contribution in [0.3, 0.4) is 0 Å². The van der Waals surface area contributed by atoms with Crippen LogP contribution in [0.4, 0.5) is 37.7 Å². The van der Waals surface area contributed by atoms with Gasteiger partial charge in [0.25, 0.3) is 5.36 Å². The zero-order valence-electron chi connectivity index (χ0n) is 19.2. The molecule has 1 aromatic rings. The quantitative estimate of drug-likeness (QED) is 0.340. The van der Waals surface area contributed by atoms with Gasteiger partial charge in [0.2, 0.25) is 0 Å². The van der Waals surface area contributed by atoms with E-state index in [1.165, 1.54) is 16.7 Å². The maximum atomic E-state index is 11.4. The predicted molar refractivity (Wildman–Crippen MR) is 116 cm³/mol. The van der Waals surface area contributed by atoms with Gasteiger partial charge in [-0.15, -0.1) is 0 Å². The molecular formula is C17H30F6N4O4S2. The van der Waals surface area contributed by atoms with Gasteiger partial charge in [-0.05, 0) is 41.5 Å². The van der Waals surface area contributed by atoms with Crippen molar-refractivity contribution in [2.24, 2.45) is 0 Å². The second-order valence-corrected chi connectivity index (χ2v) is 9.90. The minimum Gasteiger partial charge on any atom is -0.421 e. The third kappa shape index (κ3) is 7.73. The first-order chi connectivity index (χ1) is 14.9. The van der Waals surface area contributed by atoms with Gasteiger partial charge in [0, 0.05) is 26.2 Å². The topological polar surface area (TPSA) is 91.9 Å². The highest BCUT2D eigenvalue weighted by atomic mass is 32.3. The molecule has 16 heteroatoms. The van der Waals surface area contributed by atoms with E-state index >= 15 is 0 Å². The van der Waals surface area contributed by atoms with Crippen molar-refractivity contribution in [3.05, 3.63) is 9.48 Å². The van der Waals surface area contributed by atoms with Crippen LogP contribution in [0.5, 0.6) is 0 Å². The number of hydrogen-bond donors (Lipinski definition) is 0. The summed E-state index contributed by atoms with van der Waals surface area (Å²) in [6.45, 7) is 20.1. The second-order valence-electron chi connectivity index (χ2n) is 6.48. The van der Waals surface area contributed by atoms with E-state index in [1.54, 1.807) is 0 Å². The summed E-state index contributed by atoms with van der Waals surface area (Å²) in [7, 11) is -13.4. The van der Waals surface area contributed by atoms with Crippen molar-refractivity contribution in [2.45, 2.75) is 52.6 Å². The normalized spacial score (nSPS) is 13.0. The van der Waals surface area contributed by atoms with Crippen molar-refractivity contribution in [2.75, 3.05) is 49.1 Å². The summed E-state index contributed by atoms with van der Waals surface area (Å²) in [6.07, 6.45) is 0. The van der Waals surface area contributed by atoms with Crippen molar-refractivity contribution in [1.29, 1.82) is 0 Å². The zero-order chi connectivity index (χ0) is 26.4. The van der Waals surface area contributed by atoms with Crippen LogP contribution in [-0.2, 0) is 20.0 Å². The first kappa shape index (κ1) is 31.4. The van der Waals surface area contributed by atoms with Crippen LogP contribution in [-0.4, -0.2) is 67.1 Å². The van der Waals surface area contributed by atoms with Crippen LogP contribution >= 0.6 is 0 Å². The summed E-state index contributed by atoms with van der Waals surface area (Å²) in [4.78, 5) is 4.97. The van der Waals surface area contributed by atoms with Crippen LogP contribution in [0, 0.1) is 0 Å². The lowest BCUT2D eigenvalue weighted by atomic mass is 10.5. The van der Waals surface area contributed by atoms with E-state index in [9.17, 15) is 43.2 Å². The summed E-state index contributed by atoms with van der Waals surface area (Å²) in [5.74, 6) is 0. The average Bonchev–Trinajstić information content (AvgIpc) is 3.37. The molecule has 1 aromatic carbocycles. The number of hydrogen-bond acceptors (Lipinski definition) is 6. The smallest absolute Gasteiger partial charge is 0.421 e. The van der Waals surface area contributed by atoms with Crippen molar-refractivity contribution < 1.29 is 43.2 Å². The summed E-state index contributed by atoms with van der Waals surface area (Å²) >= 11 is 0. The van der Waals surface area contributed by atoms with E-state index in [0.717, 1.165) is 43.4 Å². The molecule has 0 spiro atoms. The Bertz CT molecular complexity index is 911. The number of rotatable bonds is 10. The molecule has 0 aliphatic carbocycles.